The summed E-state index contributed by atoms with van der Waals surface area (Å²) in [4.78, 5) is 13.0. The molecule has 0 radical (unpaired) electrons. The van der Waals surface area contributed by atoms with Gasteiger partial charge in [0.2, 0.25) is 0 Å². The molecule has 0 amide bonds. The van der Waals surface area contributed by atoms with E-state index in [-0.39, 0.29) is 0 Å². The number of aromatic nitrogens is 2. The Morgan fingerprint density at radius 3 is 1.31 bits per heavy atom. The molecule has 3 heteroatoms. The lowest BCUT2D eigenvalue weighted by atomic mass is 9.64. The van der Waals surface area contributed by atoms with Crippen molar-refractivity contribution in [2.45, 2.75) is 5.41 Å². The van der Waals surface area contributed by atoms with E-state index in [0.29, 0.717) is 5.82 Å². The maximum Gasteiger partial charge on any atom is 0.161 e. The molecule has 1 aromatic heterocycles. The van der Waals surface area contributed by atoms with Crippen LogP contribution in [0.25, 0.3) is 78.4 Å². The summed E-state index contributed by atoms with van der Waals surface area (Å²) in [6.07, 6.45) is 0. The van der Waals surface area contributed by atoms with Crippen LogP contribution < -0.4 is 4.90 Å². The molecule has 11 aromatic rings. The van der Waals surface area contributed by atoms with Gasteiger partial charge < -0.3 is 4.90 Å². The molecule has 1 aliphatic carbocycles. The van der Waals surface area contributed by atoms with E-state index in [1.165, 1.54) is 61.4 Å². The molecule has 0 saturated heterocycles. The molecule has 0 N–H and O–H groups in total. The van der Waals surface area contributed by atoms with E-state index in [2.05, 4.69) is 260 Å². The van der Waals surface area contributed by atoms with Crippen molar-refractivity contribution >= 4 is 17.1 Å². The quantitative estimate of drug-likeness (QED) is 0.160. The van der Waals surface area contributed by atoms with Crippen molar-refractivity contribution < 1.29 is 0 Å². The normalized spacial score (nSPS) is 12.8. The fourth-order valence-corrected chi connectivity index (χ4v) is 10.8. The van der Waals surface area contributed by atoms with Crippen molar-refractivity contribution in [3.05, 3.63) is 283 Å². The second-order valence-electron chi connectivity index (χ2n) is 17.7. The predicted molar refractivity (Wildman–Crippen MR) is 280 cm³/mol. The van der Waals surface area contributed by atoms with Crippen LogP contribution in [0.2, 0.25) is 0 Å². The minimum atomic E-state index is -0.518. The van der Waals surface area contributed by atoms with Gasteiger partial charge in [-0.25, -0.2) is 9.97 Å². The molecule has 13 rings (SSSR count). The highest BCUT2D eigenvalue weighted by atomic mass is 15.2. The van der Waals surface area contributed by atoms with Gasteiger partial charge in [0.25, 0.3) is 0 Å². The number of rotatable bonds is 7. The predicted octanol–water partition coefficient (Wildman–Crippen LogP) is 16.6. The van der Waals surface area contributed by atoms with Crippen LogP contribution in [0.3, 0.4) is 0 Å². The molecule has 10 aromatic carbocycles. The third kappa shape index (κ3) is 6.35. The van der Waals surface area contributed by atoms with Crippen LogP contribution in [-0.4, -0.2) is 9.97 Å². The first-order valence-corrected chi connectivity index (χ1v) is 23.3. The fourth-order valence-electron chi connectivity index (χ4n) is 10.8. The maximum atomic E-state index is 5.28. The summed E-state index contributed by atoms with van der Waals surface area (Å²) in [6.45, 7) is 0. The minimum absolute atomic E-state index is 0.518. The van der Waals surface area contributed by atoms with E-state index < -0.39 is 5.41 Å². The van der Waals surface area contributed by atoms with Crippen molar-refractivity contribution in [2.75, 3.05) is 4.90 Å². The fraction of sp³-hybridized carbons (Fsp3) is 0.0154. The molecular weight excluding hydrogens is 823 g/mol. The maximum absolute atomic E-state index is 5.28. The molecule has 0 atom stereocenters. The summed E-state index contributed by atoms with van der Waals surface area (Å²) in [7, 11) is 0. The van der Waals surface area contributed by atoms with Crippen molar-refractivity contribution in [3.63, 3.8) is 0 Å². The summed E-state index contributed by atoms with van der Waals surface area (Å²) >= 11 is 0. The molecular formula is C65H43N3. The summed E-state index contributed by atoms with van der Waals surface area (Å²) in [6, 6.07) is 94.1. The number of hydrogen-bond acceptors (Lipinski definition) is 3. The van der Waals surface area contributed by atoms with E-state index in [0.717, 1.165) is 50.5 Å². The van der Waals surface area contributed by atoms with Gasteiger partial charge in [-0.1, -0.05) is 224 Å². The first-order chi connectivity index (χ1) is 33.7. The Balaban J connectivity index is 0.908. The highest BCUT2D eigenvalue weighted by molar-refractivity contribution is 5.97. The molecule has 0 saturated carbocycles. The zero-order valence-corrected chi connectivity index (χ0v) is 37.2. The lowest BCUT2D eigenvalue weighted by molar-refractivity contribution is 0.753. The Labute approximate surface area is 397 Å². The molecule has 2 aliphatic rings. The number of anilines is 3. The Hall–Kier alpha value is -8.92. The van der Waals surface area contributed by atoms with E-state index in [9.17, 15) is 0 Å². The number of fused-ring (bicyclic) bond motifs is 9. The van der Waals surface area contributed by atoms with E-state index in [1.54, 1.807) is 0 Å². The molecule has 3 nitrogen and oxygen atoms in total. The smallest absolute Gasteiger partial charge is 0.161 e. The van der Waals surface area contributed by atoms with Gasteiger partial charge >= 0.3 is 0 Å². The van der Waals surface area contributed by atoms with Crippen LogP contribution in [-0.2, 0) is 5.41 Å². The number of benzene rings is 10. The third-order valence-electron chi connectivity index (χ3n) is 13.9. The van der Waals surface area contributed by atoms with Gasteiger partial charge in [0, 0.05) is 22.4 Å². The zero-order chi connectivity index (χ0) is 45.0. The minimum Gasteiger partial charge on any atom is -0.310 e. The second kappa shape index (κ2) is 16.2. The van der Waals surface area contributed by atoms with Gasteiger partial charge in [0.1, 0.15) is 0 Å². The van der Waals surface area contributed by atoms with Crippen LogP contribution in [0.4, 0.5) is 17.1 Å². The summed E-state index contributed by atoms with van der Waals surface area (Å²) in [5.74, 6) is 0.690. The van der Waals surface area contributed by atoms with Crippen LogP contribution >= 0.6 is 0 Å². The second-order valence-corrected chi connectivity index (χ2v) is 17.7. The van der Waals surface area contributed by atoms with Crippen molar-refractivity contribution in [3.8, 4) is 78.4 Å². The Morgan fingerprint density at radius 2 is 0.676 bits per heavy atom. The van der Waals surface area contributed by atoms with Gasteiger partial charge in [0.15, 0.2) is 5.82 Å². The third-order valence-corrected chi connectivity index (χ3v) is 13.9. The van der Waals surface area contributed by atoms with E-state index >= 15 is 0 Å². The van der Waals surface area contributed by atoms with Gasteiger partial charge in [-0.2, -0.15) is 0 Å². The molecule has 0 bridgehead atoms. The molecule has 0 fully saturated rings. The van der Waals surface area contributed by atoms with Gasteiger partial charge in [-0.05, 0) is 103 Å². The number of para-hydroxylation sites is 3. The van der Waals surface area contributed by atoms with Crippen LogP contribution in [0.1, 0.15) is 22.3 Å². The van der Waals surface area contributed by atoms with E-state index in [1.807, 2.05) is 6.07 Å². The highest BCUT2D eigenvalue weighted by Gasteiger charge is 2.51. The molecule has 0 unspecified atom stereocenters. The largest absolute Gasteiger partial charge is 0.310 e. The number of nitrogens with zero attached hydrogens (tertiary/aromatic N) is 3. The van der Waals surface area contributed by atoms with Crippen LogP contribution in [0.5, 0.6) is 0 Å². The average molecular weight is 866 g/mol. The van der Waals surface area contributed by atoms with Crippen molar-refractivity contribution in [2.24, 2.45) is 0 Å². The van der Waals surface area contributed by atoms with Crippen LogP contribution in [0, 0.1) is 0 Å². The van der Waals surface area contributed by atoms with Gasteiger partial charge in [-0.15, -0.1) is 0 Å². The monoisotopic (exact) mass is 865 g/mol. The molecule has 1 spiro atoms. The van der Waals surface area contributed by atoms with E-state index in [4.69, 9.17) is 9.97 Å². The standard InChI is InChI=1S/C65H43N3/c1-4-18-44(19-5-1)45-34-38-49(39-35-45)61-43-60(48-20-6-2-7-21-48)66-64(67-61)55-26-11-10-24-52(55)47-36-32-46(33-37-47)50-40-41-54-53-25-12-13-27-56(53)65(59(54)42-50)57-28-14-16-30-62(57)68(51-22-8-3-9-23-51)63-31-17-15-29-58(63)65/h1-43H. The Kier molecular flexibility index (Phi) is 9.40. The lowest BCUT2D eigenvalue weighted by Gasteiger charge is -2.45. The topological polar surface area (TPSA) is 29.0 Å². The SMILES string of the molecule is c1ccc(-c2ccc(-c3cc(-c4ccccc4)nc(-c4ccccc4-c4ccc(-c5ccc6c(c5)C5(c7ccccc7-6)c6ccccc6N(c6ccccc6)c6ccccc65)cc4)n3)cc2)cc1. The summed E-state index contributed by atoms with van der Waals surface area (Å²) in [5, 5.41) is 0. The Morgan fingerprint density at radius 1 is 0.265 bits per heavy atom. The Bertz CT molecular complexity index is 3610. The molecule has 2 heterocycles. The first kappa shape index (κ1) is 39.4. The van der Waals surface area contributed by atoms with Crippen molar-refractivity contribution in [1.82, 2.24) is 9.97 Å². The summed E-state index contributed by atoms with van der Waals surface area (Å²) < 4.78 is 0. The highest BCUT2D eigenvalue weighted by Crippen LogP contribution is 2.63. The van der Waals surface area contributed by atoms with Gasteiger partial charge in [-0.3, -0.25) is 0 Å². The van der Waals surface area contributed by atoms with Crippen LogP contribution in [0.15, 0.2) is 261 Å². The molecule has 68 heavy (non-hydrogen) atoms. The first-order valence-electron chi connectivity index (χ1n) is 23.3. The zero-order valence-electron chi connectivity index (χ0n) is 37.2. The van der Waals surface area contributed by atoms with Gasteiger partial charge in [0.05, 0.1) is 28.2 Å². The summed E-state index contributed by atoms with van der Waals surface area (Å²) in [5.41, 5.74) is 22.5. The number of hydrogen-bond donors (Lipinski definition) is 0. The molecule has 1 aliphatic heterocycles. The molecule has 318 valence electrons. The average Bonchev–Trinajstić information content (AvgIpc) is 3.71. The lowest BCUT2D eigenvalue weighted by Crippen LogP contribution is -2.36. The van der Waals surface area contributed by atoms with Crippen molar-refractivity contribution in [1.29, 1.82) is 0 Å².